The van der Waals surface area contributed by atoms with E-state index in [0.29, 0.717) is 41.3 Å². The lowest BCUT2D eigenvalue weighted by Crippen LogP contribution is -2.17. The Balaban J connectivity index is 1.28. The van der Waals surface area contributed by atoms with Gasteiger partial charge in [0.25, 0.3) is 5.91 Å². The Labute approximate surface area is 218 Å². The van der Waals surface area contributed by atoms with E-state index in [1.807, 2.05) is 12.3 Å². The number of pyridine rings is 1. The Hall–Kier alpha value is -4.12. The number of amides is 1. The van der Waals surface area contributed by atoms with E-state index in [-0.39, 0.29) is 12.2 Å². The second-order valence-corrected chi connectivity index (χ2v) is 9.53. The summed E-state index contributed by atoms with van der Waals surface area (Å²) in [5.74, 6) is 1.31. The molecule has 1 fully saturated rings. The van der Waals surface area contributed by atoms with Gasteiger partial charge in [-0.2, -0.15) is 0 Å². The Bertz CT molecular complexity index is 1480. The number of halogens is 1. The normalized spacial score (nSPS) is 14.8. The maximum absolute atomic E-state index is 15.2. The van der Waals surface area contributed by atoms with Gasteiger partial charge in [0, 0.05) is 38.3 Å². The van der Waals surface area contributed by atoms with Crippen LogP contribution in [0, 0.1) is 5.82 Å². The lowest BCUT2D eigenvalue weighted by atomic mass is 10.1. The van der Waals surface area contributed by atoms with Crippen molar-refractivity contribution in [1.82, 2.24) is 29.3 Å². The largest absolute Gasteiger partial charge is 0.489 e. The molecule has 1 saturated carbocycles. The molecule has 1 aliphatic heterocycles. The lowest BCUT2D eigenvalue weighted by Gasteiger charge is -2.15. The molecule has 2 aliphatic rings. The topological polar surface area (TPSA) is 109 Å². The summed E-state index contributed by atoms with van der Waals surface area (Å²) < 4.78 is 29.9. The van der Waals surface area contributed by atoms with E-state index in [1.54, 1.807) is 30.1 Å². The summed E-state index contributed by atoms with van der Waals surface area (Å²) in [4.78, 5) is 22.3. The molecule has 4 aromatic rings. The van der Waals surface area contributed by atoms with Crippen LogP contribution < -0.4 is 10.1 Å². The Morgan fingerprint density at radius 3 is 2.92 bits per heavy atom. The van der Waals surface area contributed by atoms with Crippen molar-refractivity contribution in [3.8, 4) is 23.0 Å². The van der Waals surface area contributed by atoms with Crippen molar-refractivity contribution in [2.45, 2.75) is 44.6 Å². The van der Waals surface area contributed by atoms with Crippen molar-refractivity contribution >= 4 is 11.7 Å². The van der Waals surface area contributed by atoms with Crippen molar-refractivity contribution in [1.29, 1.82) is 0 Å². The number of imidazole rings is 1. The van der Waals surface area contributed by atoms with Gasteiger partial charge in [0.2, 0.25) is 0 Å². The number of benzene rings is 1. The number of aromatic nitrogens is 6. The number of aryl methyl sites for hydroxylation is 1. The molecule has 38 heavy (non-hydrogen) atoms. The zero-order chi connectivity index (χ0) is 26.1. The molecule has 0 bridgehead atoms. The van der Waals surface area contributed by atoms with Crippen LogP contribution >= 0.6 is 0 Å². The van der Waals surface area contributed by atoms with E-state index in [9.17, 15) is 4.79 Å². The molecule has 0 atom stereocenters. The summed E-state index contributed by atoms with van der Waals surface area (Å²) in [6, 6.07) is 7.96. The summed E-state index contributed by atoms with van der Waals surface area (Å²) in [6.45, 7) is 1.42. The number of hydrogen-bond acceptors (Lipinski definition) is 7. The van der Waals surface area contributed by atoms with Crippen LogP contribution in [-0.2, 0) is 17.7 Å². The first-order valence-electron chi connectivity index (χ1n) is 12.8. The van der Waals surface area contributed by atoms with Crippen molar-refractivity contribution in [2.24, 2.45) is 0 Å². The molecule has 1 aliphatic carbocycles. The summed E-state index contributed by atoms with van der Waals surface area (Å²) in [7, 11) is 1.57. The predicted molar refractivity (Wildman–Crippen MR) is 137 cm³/mol. The van der Waals surface area contributed by atoms with Crippen LogP contribution in [0.25, 0.3) is 17.2 Å². The highest BCUT2D eigenvalue weighted by molar-refractivity contribution is 6.04. The van der Waals surface area contributed by atoms with Crippen molar-refractivity contribution < 1.29 is 18.7 Å². The highest BCUT2D eigenvalue weighted by Crippen LogP contribution is 2.39. The third-order valence-corrected chi connectivity index (χ3v) is 6.79. The molecule has 1 N–H and O–H groups in total. The zero-order valence-corrected chi connectivity index (χ0v) is 21.1. The fraction of sp³-hybridized carbons (Fsp3) is 0.370. The number of nitrogens with one attached hydrogen (secondary N) is 1. The highest BCUT2D eigenvalue weighted by Gasteiger charge is 2.27. The fourth-order valence-corrected chi connectivity index (χ4v) is 4.64. The van der Waals surface area contributed by atoms with Gasteiger partial charge in [0.15, 0.2) is 5.82 Å². The lowest BCUT2D eigenvalue weighted by molar-refractivity contribution is 0.102. The van der Waals surface area contributed by atoms with Gasteiger partial charge in [-0.15, -0.1) is 10.2 Å². The molecule has 1 aromatic carbocycles. The summed E-state index contributed by atoms with van der Waals surface area (Å²) in [5.41, 5.74) is 1.95. The average molecular weight is 518 g/mol. The number of nitrogens with zero attached hydrogens (tertiary/aromatic N) is 6. The monoisotopic (exact) mass is 517 g/mol. The highest BCUT2D eigenvalue weighted by atomic mass is 19.1. The van der Waals surface area contributed by atoms with Crippen molar-refractivity contribution in [2.75, 3.05) is 25.6 Å². The van der Waals surface area contributed by atoms with Gasteiger partial charge in [-0.25, -0.2) is 14.4 Å². The van der Waals surface area contributed by atoms with E-state index in [4.69, 9.17) is 9.47 Å². The molecule has 0 saturated heterocycles. The molecule has 10 nitrogen and oxygen atoms in total. The minimum atomic E-state index is -0.705. The molecule has 0 spiro atoms. The van der Waals surface area contributed by atoms with E-state index in [0.717, 1.165) is 50.2 Å². The first kappa shape index (κ1) is 24.2. The van der Waals surface area contributed by atoms with Crippen LogP contribution in [-0.4, -0.2) is 55.5 Å². The number of carbonyl (C=O) groups is 1. The first-order chi connectivity index (χ1) is 18.6. The van der Waals surface area contributed by atoms with Gasteiger partial charge in [0.1, 0.15) is 35.5 Å². The van der Waals surface area contributed by atoms with Gasteiger partial charge >= 0.3 is 0 Å². The quantitative estimate of drug-likeness (QED) is 0.332. The Morgan fingerprint density at radius 1 is 1.18 bits per heavy atom. The maximum atomic E-state index is 15.2. The van der Waals surface area contributed by atoms with Crippen molar-refractivity contribution in [3.63, 3.8) is 0 Å². The molecule has 4 heterocycles. The van der Waals surface area contributed by atoms with Crippen LogP contribution in [0.2, 0.25) is 0 Å². The molecule has 11 heteroatoms. The molecule has 6 rings (SSSR count). The van der Waals surface area contributed by atoms with Gasteiger partial charge in [0.05, 0.1) is 29.9 Å². The first-order valence-corrected chi connectivity index (χ1v) is 12.8. The van der Waals surface area contributed by atoms with Crippen LogP contribution in [0.1, 0.15) is 53.5 Å². The Morgan fingerprint density at radius 2 is 2.08 bits per heavy atom. The van der Waals surface area contributed by atoms with E-state index >= 15 is 4.39 Å². The SMILES string of the molecule is COCCOc1cc(F)c(C(=O)Nc2cccc(-c3nnc4n3CCCC4)n2)cc1-n1cnc(C2CC2)c1. The molecular formula is C27H28FN7O3. The van der Waals surface area contributed by atoms with Crippen molar-refractivity contribution in [3.05, 3.63) is 65.8 Å². The van der Waals surface area contributed by atoms with Gasteiger partial charge in [-0.1, -0.05) is 6.07 Å². The standard InChI is InChI=1S/C27H28FN7O3/c1-37-11-12-38-23-14-19(28)18(13-22(23)34-15-21(29-16-34)17-8-9-17)27(36)31-24-6-4-5-20(30-24)26-33-32-25-7-2-3-10-35(25)26/h4-6,13-17H,2-3,7-12H2,1H3,(H,30,31,36). The predicted octanol–water partition coefficient (Wildman–Crippen LogP) is 4.16. The Kier molecular flexibility index (Phi) is 6.59. The van der Waals surface area contributed by atoms with Crippen LogP contribution in [0.3, 0.4) is 0 Å². The number of anilines is 1. The van der Waals surface area contributed by atoms with Gasteiger partial charge < -0.3 is 23.9 Å². The number of methoxy groups -OCH3 is 1. The number of carbonyl (C=O) groups excluding carboxylic acids is 1. The molecule has 1 amide bonds. The van der Waals surface area contributed by atoms with Crippen LogP contribution in [0.4, 0.5) is 10.2 Å². The average Bonchev–Trinajstić information content (AvgIpc) is 3.50. The van der Waals surface area contributed by atoms with Gasteiger partial charge in [-0.3, -0.25) is 4.79 Å². The number of hydrogen-bond donors (Lipinski definition) is 1. The molecular weight excluding hydrogens is 489 g/mol. The van der Waals surface area contributed by atoms with Gasteiger partial charge in [-0.05, 0) is 43.9 Å². The number of fused-ring (bicyclic) bond motifs is 1. The minimum Gasteiger partial charge on any atom is -0.489 e. The van der Waals surface area contributed by atoms with E-state index < -0.39 is 11.7 Å². The molecule has 0 unspecified atom stereocenters. The van der Waals surface area contributed by atoms with Crippen LogP contribution in [0.5, 0.6) is 5.75 Å². The zero-order valence-electron chi connectivity index (χ0n) is 21.1. The smallest absolute Gasteiger partial charge is 0.259 e. The summed E-state index contributed by atoms with van der Waals surface area (Å²) in [5, 5.41) is 11.3. The molecule has 3 aromatic heterocycles. The minimum absolute atomic E-state index is 0.132. The third-order valence-electron chi connectivity index (χ3n) is 6.79. The molecule has 196 valence electrons. The summed E-state index contributed by atoms with van der Waals surface area (Å²) in [6.07, 6.45) is 8.81. The number of ether oxygens (including phenoxy) is 2. The second-order valence-electron chi connectivity index (χ2n) is 9.53. The molecule has 0 radical (unpaired) electrons. The summed E-state index contributed by atoms with van der Waals surface area (Å²) >= 11 is 0. The van der Waals surface area contributed by atoms with E-state index in [1.165, 1.54) is 12.1 Å². The third kappa shape index (κ3) is 4.89. The second kappa shape index (κ2) is 10.3. The maximum Gasteiger partial charge on any atom is 0.259 e. The van der Waals surface area contributed by atoms with Crippen LogP contribution in [0.15, 0.2) is 42.9 Å². The van der Waals surface area contributed by atoms with E-state index in [2.05, 4.69) is 30.0 Å². The number of rotatable bonds is 9. The fourth-order valence-electron chi connectivity index (χ4n) is 4.64.